The van der Waals surface area contributed by atoms with Gasteiger partial charge in [0.05, 0.1) is 0 Å². The number of hydrogen-bond acceptors (Lipinski definition) is 4. The van der Waals surface area contributed by atoms with Crippen molar-refractivity contribution in [1.29, 1.82) is 0 Å². The summed E-state index contributed by atoms with van der Waals surface area (Å²) in [6.45, 7) is 4.27. The number of phenolic OH excluding ortho intramolecular Hbond substituents is 4. The number of benzene rings is 2. The van der Waals surface area contributed by atoms with E-state index >= 15 is 0 Å². The predicted molar refractivity (Wildman–Crippen MR) is 85.3 cm³/mol. The first-order valence-corrected chi connectivity index (χ1v) is 7.38. The van der Waals surface area contributed by atoms with Crippen LogP contribution < -0.4 is 0 Å². The summed E-state index contributed by atoms with van der Waals surface area (Å²) in [6, 6.07) is 9.80. The van der Waals surface area contributed by atoms with Gasteiger partial charge >= 0.3 is 0 Å². The first kappa shape index (κ1) is 32.7. The largest absolute Gasteiger partial charge is 0.504 e. The molecule has 0 unspecified atom stereocenters. The van der Waals surface area contributed by atoms with E-state index in [-0.39, 0.29) is 154 Å². The van der Waals surface area contributed by atoms with Crippen LogP contribution in [0.2, 0.25) is 0 Å². The van der Waals surface area contributed by atoms with E-state index in [1.807, 2.05) is 12.1 Å². The maximum Gasteiger partial charge on any atom is 0.157 e. The third-order valence-corrected chi connectivity index (χ3v) is 4.17. The molecule has 26 heavy (non-hydrogen) atoms. The van der Waals surface area contributed by atoms with E-state index in [2.05, 4.69) is 13.8 Å². The Hall–Kier alpha value is 2.06. The molecule has 0 heterocycles. The van der Waals surface area contributed by atoms with E-state index in [4.69, 9.17) is 0 Å². The molecule has 2 aromatic carbocycles. The quantitative estimate of drug-likeness (QED) is 0.371. The fraction of sp³-hybridized carbons (Fsp3) is 0.333. The first-order chi connectivity index (χ1) is 10.4. The smallest absolute Gasteiger partial charge is 0.157 e. The summed E-state index contributed by atoms with van der Waals surface area (Å²) in [4.78, 5) is 0. The molecule has 0 amide bonds. The van der Waals surface area contributed by atoms with E-state index in [1.165, 1.54) is 12.1 Å². The fourth-order valence-electron chi connectivity index (χ4n) is 2.54. The van der Waals surface area contributed by atoms with Crippen LogP contribution in [-0.4, -0.2) is 20.4 Å². The minimum atomic E-state index is -0.107. The van der Waals surface area contributed by atoms with E-state index in [0.29, 0.717) is 11.8 Å². The summed E-state index contributed by atoms with van der Waals surface area (Å²) in [5.74, 6) is 0.314. The van der Waals surface area contributed by atoms with Gasteiger partial charge in [-0.25, -0.2) is 0 Å². The number of aromatic hydroxyl groups is 4. The van der Waals surface area contributed by atoms with Gasteiger partial charge in [-0.1, -0.05) is 26.0 Å². The van der Waals surface area contributed by atoms with Crippen molar-refractivity contribution in [1.82, 2.24) is 0 Å². The van der Waals surface area contributed by atoms with Gasteiger partial charge in [0.15, 0.2) is 23.0 Å². The molecule has 2 rings (SSSR count). The summed E-state index contributed by atoms with van der Waals surface area (Å²) >= 11 is 0. The Morgan fingerprint density at radius 3 is 1.15 bits per heavy atom. The second-order valence-electron chi connectivity index (χ2n) is 6.01. The molecule has 4 radical (unpaired) electrons. The molecule has 130 valence electrons. The molecule has 2 aromatic rings. The van der Waals surface area contributed by atoms with Gasteiger partial charge in [-0.05, 0) is 60.1 Å². The fourth-order valence-corrected chi connectivity index (χ4v) is 2.54. The monoisotopic (exact) mass is 658 g/mol. The number of rotatable bonds is 5. The Kier molecular flexibility index (Phi) is 19.9. The molecule has 0 aliphatic carbocycles. The Labute approximate surface area is 255 Å². The van der Waals surface area contributed by atoms with Crippen molar-refractivity contribution in [3.05, 3.63) is 47.5 Å². The van der Waals surface area contributed by atoms with Crippen LogP contribution in [0, 0.1) is 11.8 Å². The van der Waals surface area contributed by atoms with Crippen molar-refractivity contribution >= 4 is 0 Å². The molecule has 0 saturated heterocycles. The van der Waals surface area contributed by atoms with Gasteiger partial charge in [-0.3, -0.25) is 0 Å². The van der Waals surface area contributed by atoms with Crippen LogP contribution >= 0.6 is 0 Å². The third-order valence-electron chi connectivity index (χ3n) is 4.17. The molecule has 0 fully saturated rings. The second kappa shape index (κ2) is 15.8. The Morgan fingerprint density at radius 2 is 0.885 bits per heavy atom. The van der Waals surface area contributed by atoms with Gasteiger partial charge in [0.25, 0.3) is 0 Å². The molecule has 0 aliphatic heterocycles. The minimum Gasteiger partial charge on any atom is -0.504 e. The van der Waals surface area contributed by atoms with Gasteiger partial charge in [0.1, 0.15) is 0 Å². The zero-order chi connectivity index (χ0) is 16.3. The van der Waals surface area contributed by atoms with Crippen molar-refractivity contribution < 1.29 is 151 Å². The maximum atomic E-state index is 9.54. The average molecular weight is 658 g/mol. The summed E-state index contributed by atoms with van der Waals surface area (Å²) < 4.78 is 0. The molecule has 0 bridgehead atoms. The van der Waals surface area contributed by atoms with Crippen LogP contribution in [0.25, 0.3) is 0 Å². The summed E-state index contributed by atoms with van der Waals surface area (Å²) in [6.07, 6.45) is 1.58. The van der Waals surface area contributed by atoms with Crippen LogP contribution in [0.15, 0.2) is 36.4 Å². The predicted octanol–water partition coefficient (Wildman–Crippen LogP) is 3.56. The molecular weight excluding hydrogens is 636 g/mol. The van der Waals surface area contributed by atoms with Crippen molar-refractivity contribution in [2.45, 2.75) is 26.7 Å². The minimum absolute atomic E-state index is 0. The van der Waals surface area contributed by atoms with Gasteiger partial charge in [0.2, 0.25) is 0 Å². The zero-order valence-electron chi connectivity index (χ0n) is 15.1. The summed E-state index contributed by atoms with van der Waals surface area (Å²) in [5, 5.41) is 37.8. The molecule has 0 aliphatic rings. The first-order valence-electron chi connectivity index (χ1n) is 7.38. The normalized spacial score (nSPS) is 11.6. The molecular formula is C18H22O4Y4. The second-order valence-corrected chi connectivity index (χ2v) is 6.01. The maximum absolute atomic E-state index is 9.54. The van der Waals surface area contributed by atoms with Gasteiger partial charge in [-0.15, -0.1) is 0 Å². The standard InChI is InChI=1S/C18H22O4.4Y/c1-11(7-13-3-5-15(19)17(21)9-13)12(2)8-14-4-6-16(20)18(22)10-14;;;;/h3-6,9-12,19-22H,7-8H2,1-2H3;;;;/t11-,12+;;;;. The molecule has 0 aromatic heterocycles. The van der Waals surface area contributed by atoms with E-state index < -0.39 is 0 Å². The van der Waals surface area contributed by atoms with Crippen LogP contribution in [0.3, 0.4) is 0 Å². The third kappa shape index (κ3) is 10.2. The average Bonchev–Trinajstić information content (AvgIpc) is 2.46. The van der Waals surface area contributed by atoms with Crippen LogP contribution in [0.1, 0.15) is 25.0 Å². The van der Waals surface area contributed by atoms with E-state index in [1.54, 1.807) is 12.1 Å². The van der Waals surface area contributed by atoms with Crippen molar-refractivity contribution in [2.75, 3.05) is 0 Å². The van der Waals surface area contributed by atoms with Crippen LogP contribution in [0.4, 0.5) is 0 Å². The Bertz CT molecular complexity index is 610. The van der Waals surface area contributed by atoms with Gasteiger partial charge in [-0.2, -0.15) is 0 Å². The van der Waals surface area contributed by atoms with Crippen molar-refractivity contribution in [3.63, 3.8) is 0 Å². The van der Waals surface area contributed by atoms with Gasteiger partial charge in [0, 0.05) is 131 Å². The Balaban J connectivity index is -0.00000132. The van der Waals surface area contributed by atoms with E-state index in [9.17, 15) is 20.4 Å². The number of phenols is 4. The topological polar surface area (TPSA) is 80.9 Å². The Morgan fingerprint density at radius 1 is 0.577 bits per heavy atom. The SMILES string of the molecule is C[C@H](Cc1ccc(O)c(O)c1)[C@@H](C)Cc1ccc(O)c(O)c1.[Y].[Y].[Y].[Y]. The van der Waals surface area contributed by atoms with Gasteiger partial charge < -0.3 is 20.4 Å². The van der Waals surface area contributed by atoms with Crippen LogP contribution in [0.5, 0.6) is 23.0 Å². The van der Waals surface area contributed by atoms with Crippen LogP contribution in [-0.2, 0) is 144 Å². The molecule has 4 nitrogen and oxygen atoms in total. The molecule has 0 saturated carbocycles. The summed E-state index contributed by atoms with van der Waals surface area (Å²) in [7, 11) is 0. The molecule has 8 heteroatoms. The zero-order valence-corrected chi connectivity index (χ0v) is 26.5. The van der Waals surface area contributed by atoms with E-state index in [0.717, 1.165) is 24.0 Å². The number of hydrogen-bond donors (Lipinski definition) is 4. The van der Waals surface area contributed by atoms with Crippen molar-refractivity contribution in [3.8, 4) is 23.0 Å². The molecule has 2 atom stereocenters. The summed E-state index contributed by atoms with van der Waals surface area (Å²) in [5.41, 5.74) is 1.95. The molecule has 4 N–H and O–H groups in total. The molecule has 0 spiro atoms. The van der Waals surface area contributed by atoms with Crippen molar-refractivity contribution in [2.24, 2.45) is 11.8 Å².